The molecule has 1 fully saturated rings. The van der Waals surface area contributed by atoms with Crippen LogP contribution in [0.2, 0.25) is 0 Å². The molecule has 3 aromatic carbocycles. The van der Waals surface area contributed by atoms with Crippen molar-refractivity contribution in [2.45, 2.75) is 52.1 Å². The van der Waals surface area contributed by atoms with Crippen LogP contribution in [0, 0.1) is 18.3 Å². The summed E-state index contributed by atoms with van der Waals surface area (Å²) in [6, 6.07) is 20.9. The molecule has 1 aliphatic heterocycles. The molecule has 4 rings (SSSR count). The van der Waals surface area contributed by atoms with Crippen LogP contribution in [0.4, 0.5) is 0 Å². The minimum atomic E-state index is -0.361. The van der Waals surface area contributed by atoms with Gasteiger partial charge in [0.25, 0.3) is 0 Å². The molecule has 0 aromatic heterocycles. The van der Waals surface area contributed by atoms with E-state index in [-0.39, 0.29) is 29.5 Å². The lowest BCUT2D eigenvalue weighted by Gasteiger charge is -2.28. The van der Waals surface area contributed by atoms with Gasteiger partial charge in [0.2, 0.25) is 0 Å². The molecule has 0 spiro atoms. The summed E-state index contributed by atoms with van der Waals surface area (Å²) in [6.07, 6.45) is 2.30. The SMILES string of the molecule is CC(=O)c1ccc(OCc2ccc(C(OC3CCCCO3)c3cccc(C#N)c3)cc2)c(C)c1O. The molecule has 1 N–H and O–H groups in total. The number of aromatic hydroxyl groups is 1. The highest BCUT2D eigenvalue weighted by Gasteiger charge is 2.23. The van der Waals surface area contributed by atoms with E-state index < -0.39 is 0 Å². The lowest BCUT2D eigenvalue weighted by Crippen LogP contribution is -2.25. The zero-order valence-corrected chi connectivity index (χ0v) is 20.0. The number of ether oxygens (including phenoxy) is 3. The molecule has 1 aliphatic rings. The molecule has 1 heterocycles. The summed E-state index contributed by atoms with van der Waals surface area (Å²) in [5.41, 5.74) is 4.21. The average Bonchev–Trinajstić information content (AvgIpc) is 2.89. The molecule has 6 nitrogen and oxygen atoms in total. The topological polar surface area (TPSA) is 88.8 Å². The summed E-state index contributed by atoms with van der Waals surface area (Å²) in [7, 11) is 0. The summed E-state index contributed by atoms with van der Waals surface area (Å²) >= 11 is 0. The van der Waals surface area contributed by atoms with Crippen molar-refractivity contribution in [3.05, 3.63) is 94.0 Å². The molecule has 0 aliphatic carbocycles. The van der Waals surface area contributed by atoms with Crippen LogP contribution in [0.5, 0.6) is 11.5 Å². The van der Waals surface area contributed by atoms with Crippen LogP contribution < -0.4 is 4.74 Å². The van der Waals surface area contributed by atoms with Crippen LogP contribution in [0.1, 0.15) is 70.5 Å². The number of Topliss-reactive ketones (excluding diaryl/α,β-unsaturated/α-hetero) is 1. The molecule has 0 bridgehead atoms. The van der Waals surface area contributed by atoms with E-state index in [1.807, 2.05) is 42.5 Å². The first-order valence-corrected chi connectivity index (χ1v) is 11.8. The second-order valence-electron chi connectivity index (χ2n) is 8.72. The quantitative estimate of drug-likeness (QED) is 0.406. The fourth-order valence-corrected chi connectivity index (χ4v) is 4.16. The number of phenolic OH excluding ortho intramolecular Hbond substituents is 1. The first-order chi connectivity index (χ1) is 17.0. The summed E-state index contributed by atoms with van der Waals surface area (Å²) in [4.78, 5) is 11.6. The summed E-state index contributed by atoms with van der Waals surface area (Å²) in [6.45, 7) is 4.14. The first-order valence-electron chi connectivity index (χ1n) is 11.8. The Morgan fingerprint density at radius 3 is 2.63 bits per heavy atom. The number of nitrogens with zero attached hydrogens (tertiary/aromatic N) is 1. The molecule has 2 atom stereocenters. The van der Waals surface area contributed by atoms with Crippen molar-refractivity contribution in [1.29, 1.82) is 5.26 Å². The Labute approximate surface area is 205 Å². The van der Waals surface area contributed by atoms with E-state index in [0.29, 0.717) is 30.1 Å². The predicted molar refractivity (Wildman–Crippen MR) is 131 cm³/mol. The molecule has 0 saturated carbocycles. The van der Waals surface area contributed by atoms with Crippen molar-refractivity contribution >= 4 is 5.78 Å². The maximum absolute atomic E-state index is 11.6. The second kappa shape index (κ2) is 11.2. The molecule has 6 heteroatoms. The first kappa shape index (κ1) is 24.5. The number of ketones is 1. The Morgan fingerprint density at radius 1 is 1.14 bits per heavy atom. The predicted octanol–water partition coefficient (Wildman–Crippen LogP) is 5.99. The Morgan fingerprint density at radius 2 is 1.94 bits per heavy atom. The van der Waals surface area contributed by atoms with Crippen LogP contribution in [0.3, 0.4) is 0 Å². The molecule has 180 valence electrons. The monoisotopic (exact) mass is 471 g/mol. The van der Waals surface area contributed by atoms with Gasteiger partial charge in [-0.15, -0.1) is 0 Å². The van der Waals surface area contributed by atoms with E-state index in [1.54, 1.807) is 25.1 Å². The molecule has 0 amide bonds. The third kappa shape index (κ3) is 5.89. The second-order valence-corrected chi connectivity index (χ2v) is 8.72. The van der Waals surface area contributed by atoms with Crippen LogP contribution >= 0.6 is 0 Å². The Balaban J connectivity index is 1.51. The van der Waals surface area contributed by atoms with Gasteiger partial charge in [0.05, 0.1) is 17.2 Å². The lowest BCUT2D eigenvalue weighted by molar-refractivity contribution is -0.181. The standard InChI is InChI=1S/C29H29NO5/c1-19-26(14-13-25(20(2)31)28(19)32)34-18-21-9-11-23(12-10-21)29(35-27-8-3-4-15-33-27)24-7-5-6-22(16-24)17-30/h5-7,9-14,16,27,29,32H,3-4,8,15,18H2,1-2H3. The van der Waals surface area contributed by atoms with Gasteiger partial charge in [-0.05, 0) is 74.1 Å². The number of carbonyl (C=O) groups excluding carboxylic acids is 1. The number of hydrogen-bond acceptors (Lipinski definition) is 6. The largest absolute Gasteiger partial charge is 0.507 e. The number of carbonyl (C=O) groups is 1. The van der Waals surface area contributed by atoms with Gasteiger partial charge in [-0.1, -0.05) is 36.4 Å². The summed E-state index contributed by atoms with van der Waals surface area (Å²) in [5, 5.41) is 19.6. The number of rotatable bonds is 8. The Kier molecular flexibility index (Phi) is 7.81. The number of benzene rings is 3. The molecule has 2 unspecified atom stereocenters. The normalized spacial score (nSPS) is 16.3. The van der Waals surface area contributed by atoms with E-state index in [9.17, 15) is 15.2 Å². The third-order valence-corrected chi connectivity index (χ3v) is 6.18. The minimum Gasteiger partial charge on any atom is -0.507 e. The third-order valence-electron chi connectivity index (χ3n) is 6.18. The van der Waals surface area contributed by atoms with Crippen molar-refractivity contribution in [3.8, 4) is 17.6 Å². The van der Waals surface area contributed by atoms with Gasteiger partial charge in [0.15, 0.2) is 12.1 Å². The van der Waals surface area contributed by atoms with Gasteiger partial charge < -0.3 is 19.3 Å². The highest BCUT2D eigenvalue weighted by Crippen LogP contribution is 2.33. The fraction of sp³-hybridized carbons (Fsp3) is 0.310. The molecule has 0 radical (unpaired) electrons. The van der Waals surface area contributed by atoms with E-state index in [1.165, 1.54) is 6.92 Å². The van der Waals surface area contributed by atoms with Crippen LogP contribution in [0.25, 0.3) is 0 Å². The Bertz CT molecular complexity index is 1220. The van der Waals surface area contributed by atoms with Crippen molar-refractivity contribution in [1.82, 2.24) is 0 Å². The van der Waals surface area contributed by atoms with Gasteiger partial charge in [0, 0.05) is 12.2 Å². The van der Waals surface area contributed by atoms with Crippen molar-refractivity contribution in [2.75, 3.05) is 6.61 Å². The lowest BCUT2D eigenvalue weighted by atomic mass is 9.98. The highest BCUT2D eigenvalue weighted by atomic mass is 16.7. The minimum absolute atomic E-state index is 0.0464. The number of phenols is 1. The maximum atomic E-state index is 11.6. The molecular formula is C29H29NO5. The van der Waals surface area contributed by atoms with Crippen LogP contribution in [-0.2, 0) is 16.1 Å². The van der Waals surface area contributed by atoms with E-state index in [4.69, 9.17) is 14.2 Å². The van der Waals surface area contributed by atoms with Gasteiger partial charge in [-0.3, -0.25) is 4.79 Å². The van der Waals surface area contributed by atoms with Gasteiger partial charge in [0.1, 0.15) is 24.2 Å². The molecule has 1 saturated heterocycles. The zero-order chi connectivity index (χ0) is 24.8. The fourth-order valence-electron chi connectivity index (χ4n) is 4.16. The van der Waals surface area contributed by atoms with Gasteiger partial charge in [-0.2, -0.15) is 5.26 Å². The van der Waals surface area contributed by atoms with Gasteiger partial charge in [-0.25, -0.2) is 0 Å². The molecular weight excluding hydrogens is 442 g/mol. The summed E-state index contributed by atoms with van der Waals surface area (Å²) in [5.74, 6) is 0.291. The zero-order valence-electron chi connectivity index (χ0n) is 20.0. The van der Waals surface area contributed by atoms with Crippen molar-refractivity contribution in [2.24, 2.45) is 0 Å². The highest BCUT2D eigenvalue weighted by molar-refractivity contribution is 5.97. The molecule has 35 heavy (non-hydrogen) atoms. The number of nitriles is 1. The molecule has 3 aromatic rings. The smallest absolute Gasteiger partial charge is 0.163 e. The van der Waals surface area contributed by atoms with E-state index in [2.05, 4.69) is 6.07 Å². The van der Waals surface area contributed by atoms with E-state index in [0.717, 1.165) is 36.0 Å². The summed E-state index contributed by atoms with van der Waals surface area (Å²) < 4.78 is 18.1. The van der Waals surface area contributed by atoms with E-state index >= 15 is 0 Å². The van der Waals surface area contributed by atoms with Crippen LogP contribution in [0.15, 0.2) is 60.7 Å². The van der Waals surface area contributed by atoms with Crippen molar-refractivity contribution in [3.63, 3.8) is 0 Å². The van der Waals surface area contributed by atoms with Gasteiger partial charge >= 0.3 is 0 Å². The van der Waals surface area contributed by atoms with Crippen molar-refractivity contribution < 1.29 is 24.1 Å². The average molecular weight is 472 g/mol. The Hall–Kier alpha value is -3.66. The number of hydrogen-bond donors (Lipinski definition) is 1. The maximum Gasteiger partial charge on any atom is 0.163 e. The van der Waals surface area contributed by atoms with Crippen LogP contribution in [-0.4, -0.2) is 23.8 Å².